The highest BCUT2D eigenvalue weighted by molar-refractivity contribution is 5.64. The molecule has 0 radical (unpaired) electrons. The van der Waals surface area contributed by atoms with Crippen molar-refractivity contribution >= 4 is 11.4 Å². The van der Waals surface area contributed by atoms with Crippen LogP contribution in [0.25, 0.3) is 0 Å². The molecular formula is C18H20N2O. The molecule has 0 aliphatic carbocycles. The van der Waals surface area contributed by atoms with Gasteiger partial charge in [0.05, 0.1) is 11.4 Å². The lowest BCUT2D eigenvalue weighted by molar-refractivity contribution is 0.486. The highest BCUT2D eigenvalue weighted by Crippen LogP contribution is 2.34. The molecule has 0 fully saturated rings. The van der Waals surface area contributed by atoms with Gasteiger partial charge in [0.1, 0.15) is 0 Å². The first-order chi connectivity index (χ1) is 10.2. The van der Waals surface area contributed by atoms with Gasteiger partial charge in [0.2, 0.25) is 0 Å². The second-order valence-electron chi connectivity index (χ2n) is 4.75. The Labute approximate surface area is 125 Å². The van der Waals surface area contributed by atoms with Gasteiger partial charge in [-0.25, -0.2) is 0 Å². The molecule has 0 saturated carbocycles. The molecule has 0 unspecified atom stereocenters. The average molecular weight is 280 g/mol. The van der Waals surface area contributed by atoms with E-state index in [2.05, 4.69) is 13.2 Å². The molecule has 0 atom stereocenters. The molecule has 0 heterocycles. The second kappa shape index (κ2) is 6.66. The summed E-state index contributed by atoms with van der Waals surface area (Å²) in [6, 6.07) is 11.4. The summed E-state index contributed by atoms with van der Waals surface area (Å²) in [5.41, 5.74) is 15.5. The van der Waals surface area contributed by atoms with Crippen molar-refractivity contribution in [3.05, 3.63) is 72.8 Å². The van der Waals surface area contributed by atoms with Crippen molar-refractivity contribution in [2.75, 3.05) is 11.5 Å². The normalized spacial score (nSPS) is 10.1. The first-order valence-corrected chi connectivity index (χ1v) is 6.81. The van der Waals surface area contributed by atoms with Crippen LogP contribution in [-0.4, -0.2) is 0 Å². The molecule has 0 saturated heterocycles. The van der Waals surface area contributed by atoms with Gasteiger partial charge >= 0.3 is 0 Å². The van der Waals surface area contributed by atoms with Crippen molar-refractivity contribution < 1.29 is 4.74 Å². The summed E-state index contributed by atoms with van der Waals surface area (Å²) < 4.78 is 5.90. The molecule has 2 aromatic carbocycles. The number of nitrogen functional groups attached to an aromatic ring is 2. The van der Waals surface area contributed by atoms with Crippen LogP contribution in [-0.2, 0) is 12.8 Å². The number of hydrogen-bond acceptors (Lipinski definition) is 3. The van der Waals surface area contributed by atoms with Gasteiger partial charge in [-0.05, 0) is 36.1 Å². The Bertz CT molecular complexity index is 605. The predicted octanol–water partition coefficient (Wildman–Crippen LogP) is 4.10. The first-order valence-electron chi connectivity index (χ1n) is 6.81. The van der Waals surface area contributed by atoms with Gasteiger partial charge in [0.15, 0.2) is 11.5 Å². The van der Waals surface area contributed by atoms with E-state index in [1.54, 1.807) is 0 Å². The predicted molar refractivity (Wildman–Crippen MR) is 89.6 cm³/mol. The summed E-state index contributed by atoms with van der Waals surface area (Å²) in [5.74, 6) is 1.22. The zero-order chi connectivity index (χ0) is 15.2. The van der Waals surface area contributed by atoms with Gasteiger partial charge in [0, 0.05) is 0 Å². The van der Waals surface area contributed by atoms with Crippen LogP contribution < -0.4 is 16.2 Å². The van der Waals surface area contributed by atoms with Crippen LogP contribution in [0, 0.1) is 0 Å². The Morgan fingerprint density at radius 3 is 1.62 bits per heavy atom. The summed E-state index contributed by atoms with van der Waals surface area (Å²) in [5, 5.41) is 0. The molecule has 3 nitrogen and oxygen atoms in total. The van der Waals surface area contributed by atoms with Crippen molar-refractivity contribution in [3.63, 3.8) is 0 Å². The van der Waals surface area contributed by atoms with Gasteiger partial charge in [-0.1, -0.05) is 36.4 Å². The van der Waals surface area contributed by atoms with E-state index in [4.69, 9.17) is 16.2 Å². The largest absolute Gasteiger partial charge is 0.453 e. The van der Waals surface area contributed by atoms with Crippen LogP contribution in [0.2, 0.25) is 0 Å². The number of para-hydroxylation sites is 2. The molecule has 0 aliphatic rings. The summed E-state index contributed by atoms with van der Waals surface area (Å²) in [4.78, 5) is 0. The van der Waals surface area contributed by atoms with Gasteiger partial charge in [-0.2, -0.15) is 0 Å². The Morgan fingerprint density at radius 2 is 1.24 bits per heavy atom. The Balaban J connectivity index is 2.34. The minimum Gasteiger partial charge on any atom is -0.453 e. The lowest BCUT2D eigenvalue weighted by Gasteiger charge is -2.14. The van der Waals surface area contributed by atoms with E-state index in [1.807, 2.05) is 48.6 Å². The van der Waals surface area contributed by atoms with Crippen molar-refractivity contribution in [2.24, 2.45) is 0 Å². The number of rotatable bonds is 6. The molecule has 0 bridgehead atoms. The molecule has 2 rings (SSSR count). The highest BCUT2D eigenvalue weighted by Gasteiger charge is 2.10. The SMILES string of the molecule is C=CCc1cccc(Oc2cccc(CC=C)c2N)c1N. The van der Waals surface area contributed by atoms with Crippen molar-refractivity contribution in [1.82, 2.24) is 0 Å². The summed E-state index contributed by atoms with van der Waals surface area (Å²) in [7, 11) is 0. The second-order valence-corrected chi connectivity index (χ2v) is 4.75. The van der Waals surface area contributed by atoms with Gasteiger partial charge in [-0.3, -0.25) is 0 Å². The molecule has 4 N–H and O–H groups in total. The average Bonchev–Trinajstić information content (AvgIpc) is 2.48. The van der Waals surface area contributed by atoms with E-state index in [0.717, 1.165) is 11.1 Å². The third-order valence-electron chi connectivity index (χ3n) is 3.26. The summed E-state index contributed by atoms with van der Waals surface area (Å²) in [6.45, 7) is 7.46. The molecule has 0 spiro atoms. The van der Waals surface area contributed by atoms with E-state index >= 15 is 0 Å². The third kappa shape index (κ3) is 3.26. The fraction of sp³-hybridized carbons (Fsp3) is 0.111. The van der Waals surface area contributed by atoms with Crippen LogP contribution in [0.5, 0.6) is 11.5 Å². The maximum absolute atomic E-state index is 6.13. The lowest BCUT2D eigenvalue weighted by Crippen LogP contribution is -2.00. The topological polar surface area (TPSA) is 61.3 Å². The van der Waals surface area contributed by atoms with E-state index in [1.165, 1.54) is 0 Å². The standard InChI is InChI=1S/C18H20N2O/c1-3-7-13-9-5-11-15(17(13)19)21-16-12-6-10-14(8-4-2)18(16)20/h3-6,9-12H,1-2,7-8,19-20H2. The van der Waals surface area contributed by atoms with Crippen molar-refractivity contribution in [3.8, 4) is 11.5 Å². The van der Waals surface area contributed by atoms with Gasteiger partial charge in [0.25, 0.3) is 0 Å². The third-order valence-corrected chi connectivity index (χ3v) is 3.26. The molecule has 3 heteroatoms. The lowest BCUT2D eigenvalue weighted by atomic mass is 10.1. The van der Waals surface area contributed by atoms with E-state index < -0.39 is 0 Å². The van der Waals surface area contributed by atoms with E-state index in [9.17, 15) is 0 Å². The smallest absolute Gasteiger partial charge is 0.150 e. The molecular weight excluding hydrogens is 260 g/mol. The monoisotopic (exact) mass is 280 g/mol. The van der Waals surface area contributed by atoms with Crippen LogP contribution in [0.4, 0.5) is 11.4 Å². The number of hydrogen-bond donors (Lipinski definition) is 2. The van der Waals surface area contributed by atoms with Crippen LogP contribution in [0.1, 0.15) is 11.1 Å². The zero-order valence-electron chi connectivity index (χ0n) is 12.0. The Morgan fingerprint density at radius 1 is 0.810 bits per heavy atom. The van der Waals surface area contributed by atoms with Gasteiger partial charge < -0.3 is 16.2 Å². The Hall–Kier alpha value is -2.68. The van der Waals surface area contributed by atoms with Gasteiger partial charge in [-0.15, -0.1) is 13.2 Å². The van der Waals surface area contributed by atoms with E-state index in [0.29, 0.717) is 35.7 Å². The number of nitrogens with two attached hydrogens (primary N) is 2. The summed E-state index contributed by atoms with van der Waals surface area (Å²) >= 11 is 0. The van der Waals surface area contributed by atoms with Crippen LogP contribution in [0.15, 0.2) is 61.7 Å². The first kappa shape index (κ1) is 14.7. The zero-order valence-corrected chi connectivity index (χ0v) is 12.0. The number of allylic oxidation sites excluding steroid dienone is 2. The minimum absolute atomic E-state index is 0.608. The van der Waals surface area contributed by atoms with E-state index in [-0.39, 0.29) is 0 Å². The van der Waals surface area contributed by atoms with Crippen molar-refractivity contribution in [1.29, 1.82) is 0 Å². The quantitative estimate of drug-likeness (QED) is 0.618. The fourth-order valence-corrected chi connectivity index (χ4v) is 2.14. The molecule has 0 aromatic heterocycles. The number of ether oxygens (including phenoxy) is 1. The maximum Gasteiger partial charge on any atom is 0.150 e. The number of anilines is 2. The van der Waals surface area contributed by atoms with Crippen molar-refractivity contribution in [2.45, 2.75) is 12.8 Å². The fourth-order valence-electron chi connectivity index (χ4n) is 2.14. The molecule has 21 heavy (non-hydrogen) atoms. The number of benzene rings is 2. The molecule has 2 aromatic rings. The molecule has 108 valence electrons. The Kier molecular flexibility index (Phi) is 4.67. The van der Waals surface area contributed by atoms with Crippen LogP contribution in [0.3, 0.4) is 0 Å². The summed E-state index contributed by atoms with van der Waals surface area (Å²) in [6.07, 6.45) is 5.03. The van der Waals surface area contributed by atoms with Crippen LogP contribution >= 0.6 is 0 Å². The maximum atomic E-state index is 6.13. The molecule has 0 amide bonds. The minimum atomic E-state index is 0.608. The highest BCUT2D eigenvalue weighted by atomic mass is 16.5. The molecule has 0 aliphatic heterocycles.